The minimum absolute atomic E-state index is 0.102. The van der Waals surface area contributed by atoms with Crippen molar-refractivity contribution in [3.05, 3.63) is 170 Å². The molecule has 0 bridgehead atoms. The van der Waals surface area contributed by atoms with Gasteiger partial charge >= 0.3 is 0 Å². The second-order valence-electron chi connectivity index (χ2n) is 11.0. The molecule has 0 spiro atoms. The van der Waals surface area contributed by atoms with Crippen LogP contribution in [0.1, 0.15) is 12.3 Å². The SMILES string of the molecule is [2H]c1c([2H])c([2H])c(-c2ccc3oc4ccc(-c5c6ccccc6c(-c6c([2H])c([2H])c(-c7ccccc7)c([2H])c6[2H])c6ccccc56)cc4c3c2)c([2H])c1[2H]. The van der Waals surface area contributed by atoms with E-state index >= 15 is 0 Å². The lowest BCUT2D eigenvalue weighted by molar-refractivity contribution is 0.669. The number of fused-ring (bicyclic) bond motifs is 5. The molecule has 0 atom stereocenters. The van der Waals surface area contributed by atoms with Crippen LogP contribution in [0.5, 0.6) is 0 Å². The van der Waals surface area contributed by atoms with E-state index < -0.39 is 18.1 Å². The molecule has 0 aliphatic heterocycles. The summed E-state index contributed by atoms with van der Waals surface area (Å²) in [5.41, 5.74) is 5.34. The van der Waals surface area contributed by atoms with Crippen LogP contribution in [0.25, 0.3) is 88.0 Å². The van der Waals surface area contributed by atoms with Crippen molar-refractivity contribution in [3.8, 4) is 44.5 Å². The highest BCUT2D eigenvalue weighted by Crippen LogP contribution is 2.45. The van der Waals surface area contributed by atoms with Gasteiger partial charge in [-0.1, -0.05) is 145 Å². The Balaban J connectivity index is 1.30. The zero-order valence-corrected chi connectivity index (χ0v) is 23.9. The van der Waals surface area contributed by atoms with E-state index in [0.717, 1.165) is 43.4 Å². The number of rotatable bonds is 4. The highest BCUT2D eigenvalue weighted by Gasteiger charge is 2.18. The molecule has 1 heteroatoms. The second kappa shape index (κ2) is 10.4. The number of furan rings is 1. The lowest BCUT2D eigenvalue weighted by Crippen LogP contribution is -1.91. The summed E-state index contributed by atoms with van der Waals surface area (Å²) in [6, 6.07) is 33.7. The Morgan fingerprint density at radius 1 is 0.333 bits per heavy atom. The molecule has 1 heterocycles. The highest BCUT2D eigenvalue weighted by molar-refractivity contribution is 6.22. The molecule has 0 saturated carbocycles. The average molecular weight is 582 g/mol. The maximum Gasteiger partial charge on any atom is 0.135 e. The van der Waals surface area contributed by atoms with Crippen LogP contribution in [0.3, 0.4) is 0 Å². The summed E-state index contributed by atoms with van der Waals surface area (Å²) in [7, 11) is 0. The van der Waals surface area contributed by atoms with Crippen molar-refractivity contribution in [1.82, 2.24) is 0 Å². The van der Waals surface area contributed by atoms with Gasteiger partial charge in [0, 0.05) is 10.8 Å². The van der Waals surface area contributed by atoms with Gasteiger partial charge in [-0.05, 0) is 90.3 Å². The quantitative estimate of drug-likeness (QED) is 0.188. The maximum atomic E-state index is 9.26. The predicted octanol–water partition coefficient (Wildman–Crippen LogP) is 12.6. The molecule has 210 valence electrons. The van der Waals surface area contributed by atoms with Gasteiger partial charge in [0.05, 0.1) is 12.3 Å². The molecule has 1 aromatic heterocycles. The third-order valence-corrected chi connectivity index (χ3v) is 8.42. The van der Waals surface area contributed by atoms with Crippen LogP contribution < -0.4 is 0 Å². The van der Waals surface area contributed by atoms with E-state index in [2.05, 4.69) is 0 Å². The van der Waals surface area contributed by atoms with Crippen LogP contribution in [0, 0.1) is 0 Å². The summed E-state index contributed by atoms with van der Waals surface area (Å²) in [4.78, 5) is 0. The minimum Gasteiger partial charge on any atom is -0.456 e. The van der Waals surface area contributed by atoms with Crippen LogP contribution in [-0.2, 0) is 0 Å². The molecule has 8 aromatic carbocycles. The Labute approximate surface area is 274 Å². The van der Waals surface area contributed by atoms with Gasteiger partial charge in [-0.15, -0.1) is 0 Å². The Hall–Kier alpha value is -5.92. The van der Waals surface area contributed by atoms with Crippen molar-refractivity contribution < 1.29 is 16.8 Å². The topological polar surface area (TPSA) is 13.1 Å². The minimum atomic E-state index is -0.443. The van der Waals surface area contributed by atoms with Gasteiger partial charge in [0.2, 0.25) is 0 Å². The third-order valence-electron chi connectivity index (χ3n) is 8.42. The second-order valence-corrected chi connectivity index (χ2v) is 11.0. The Kier molecular flexibility index (Phi) is 4.15. The van der Waals surface area contributed by atoms with Crippen molar-refractivity contribution in [2.24, 2.45) is 0 Å². The molecular weight excluding hydrogens is 544 g/mol. The molecule has 0 aliphatic rings. The van der Waals surface area contributed by atoms with Gasteiger partial charge < -0.3 is 4.42 Å². The van der Waals surface area contributed by atoms with E-state index in [-0.39, 0.29) is 52.9 Å². The van der Waals surface area contributed by atoms with Gasteiger partial charge in [-0.2, -0.15) is 0 Å². The fourth-order valence-electron chi connectivity index (χ4n) is 6.38. The lowest BCUT2D eigenvalue weighted by atomic mass is 9.85. The standard InChI is InChI=1S/C44H28O/c1-3-11-29(12-4-1)31-19-21-32(22-20-31)43-35-15-7-9-17-37(35)44(38-18-10-8-16-36(38)43)34-24-26-42-40(28-34)39-27-33(23-25-41(39)45-42)30-13-5-2-6-14-30/h1-28H/i2D,5D,6D,13D,14D,19D,20D,21D,22D. The fourth-order valence-corrected chi connectivity index (χ4v) is 6.38. The molecule has 0 aliphatic carbocycles. The first kappa shape index (κ1) is 18.0. The molecule has 45 heavy (non-hydrogen) atoms. The monoisotopic (exact) mass is 581 g/mol. The molecule has 0 N–H and O–H groups in total. The van der Waals surface area contributed by atoms with Crippen molar-refractivity contribution in [2.75, 3.05) is 0 Å². The summed E-state index contributed by atoms with van der Waals surface area (Å²) >= 11 is 0. The van der Waals surface area contributed by atoms with Gasteiger partial charge in [-0.3, -0.25) is 0 Å². The average Bonchev–Trinajstić information content (AvgIpc) is 3.56. The van der Waals surface area contributed by atoms with Crippen LogP contribution >= 0.6 is 0 Å². The third kappa shape index (κ3) is 4.24. The highest BCUT2D eigenvalue weighted by atomic mass is 16.3. The van der Waals surface area contributed by atoms with Gasteiger partial charge in [0.25, 0.3) is 0 Å². The van der Waals surface area contributed by atoms with Gasteiger partial charge in [0.1, 0.15) is 11.2 Å². The molecule has 0 radical (unpaired) electrons. The van der Waals surface area contributed by atoms with Crippen molar-refractivity contribution in [3.63, 3.8) is 0 Å². The van der Waals surface area contributed by atoms with Gasteiger partial charge in [-0.25, -0.2) is 0 Å². The molecule has 9 rings (SSSR count). The maximum absolute atomic E-state index is 9.26. The number of hydrogen-bond donors (Lipinski definition) is 0. The summed E-state index contributed by atoms with van der Waals surface area (Å²) < 4.78 is 84.4. The smallest absolute Gasteiger partial charge is 0.135 e. The molecule has 0 saturated heterocycles. The first-order valence-electron chi connectivity index (χ1n) is 19.2. The zero-order chi connectivity index (χ0) is 37.6. The number of benzene rings is 8. The van der Waals surface area contributed by atoms with Crippen molar-refractivity contribution >= 4 is 43.5 Å². The summed E-state index contributed by atoms with van der Waals surface area (Å²) in [6.07, 6.45) is 0. The lowest BCUT2D eigenvalue weighted by Gasteiger charge is -2.18. The van der Waals surface area contributed by atoms with E-state index in [1.165, 1.54) is 0 Å². The molecule has 0 amide bonds. The van der Waals surface area contributed by atoms with Crippen LogP contribution in [0.4, 0.5) is 0 Å². The fraction of sp³-hybridized carbons (Fsp3) is 0. The van der Waals surface area contributed by atoms with E-state index in [0.29, 0.717) is 27.9 Å². The van der Waals surface area contributed by atoms with E-state index in [4.69, 9.17) is 14.0 Å². The molecular formula is C44H28O. The molecule has 1 nitrogen and oxygen atoms in total. The van der Waals surface area contributed by atoms with Crippen LogP contribution in [-0.4, -0.2) is 0 Å². The Morgan fingerprint density at radius 2 is 0.800 bits per heavy atom. The van der Waals surface area contributed by atoms with Crippen LogP contribution in [0.15, 0.2) is 174 Å². The normalized spacial score (nSPS) is 14.4. The Morgan fingerprint density at radius 3 is 1.40 bits per heavy atom. The van der Waals surface area contributed by atoms with Crippen molar-refractivity contribution in [1.29, 1.82) is 0 Å². The largest absolute Gasteiger partial charge is 0.456 e. The predicted molar refractivity (Wildman–Crippen MR) is 190 cm³/mol. The first-order chi connectivity index (χ1) is 26.1. The van der Waals surface area contributed by atoms with E-state index in [1.807, 2.05) is 84.9 Å². The molecule has 0 fully saturated rings. The molecule has 9 aromatic rings. The zero-order valence-electron chi connectivity index (χ0n) is 32.9. The van der Waals surface area contributed by atoms with Gasteiger partial charge in [0.15, 0.2) is 0 Å². The van der Waals surface area contributed by atoms with Crippen LogP contribution in [0.2, 0.25) is 0 Å². The van der Waals surface area contributed by atoms with Crippen molar-refractivity contribution in [2.45, 2.75) is 0 Å². The van der Waals surface area contributed by atoms with E-state index in [9.17, 15) is 2.74 Å². The summed E-state index contributed by atoms with van der Waals surface area (Å²) in [6.45, 7) is 0. The molecule has 0 unspecified atom stereocenters. The number of hydrogen-bond acceptors (Lipinski definition) is 1. The first-order valence-corrected chi connectivity index (χ1v) is 14.7. The van der Waals surface area contributed by atoms with E-state index in [1.54, 1.807) is 30.3 Å². The Bertz CT molecular complexity index is 2930. The summed E-state index contributed by atoms with van der Waals surface area (Å²) in [5, 5.41) is 4.79. The summed E-state index contributed by atoms with van der Waals surface area (Å²) in [5.74, 6) is 0.